The fourth-order valence-electron chi connectivity index (χ4n) is 5.46. The third kappa shape index (κ3) is 15.7. The molecule has 0 heterocycles. The van der Waals surface area contributed by atoms with Crippen molar-refractivity contribution < 1.29 is 33.8 Å². The lowest BCUT2D eigenvalue weighted by Gasteiger charge is -2.24. The van der Waals surface area contributed by atoms with Crippen LogP contribution in [0.5, 0.6) is 0 Å². The Balaban J connectivity index is 1.56. The van der Waals surface area contributed by atoms with Crippen LogP contribution < -0.4 is 16.0 Å². The van der Waals surface area contributed by atoms with Crippen LogP contribution in [0.1, 0.15) is 82.4 Å². The molecule has 14 nitrogen and oxygen atoms in total. The first kappa shape index (κ1) is 41.1. The van der Waals surface area contributed by atoms with E-state index in [1.807, 2.05) is 79.7 Å². The average molecular weight is 718 g/mol. The summed E-state index contributed by atoms with van der Waals surface area (Å²) in [5.41, 5.74) is 10.1. The Morgan fingerprint density at radius 2 is 1.60 bits per heavy atom. The minimum atomic E-state index is -1.23. The van der Waals surface area contributed by atoms with Gasteiger partial charge < -0.3 is 35.4 Å². The Morgan fingerprint density at radius 1 is 0.865 bits per heavy atom. The van der Waals surface area contributed by atoms with E-state index in [-0.39, 0.29) is 38.1 Å². The third-order valence-corrected chi connectivity index (χ3v) is 8.41. The first-order valence-electron chi connectivity index (χ1n) is 17.8. The lowest BCUT2D eigenvalue weighted by Crippen LogP contribution is -2.49. The van der Waals surface area contributed by atoms with E-state index in [9.17, 15) is 19.2 Å². The molecule has 0 radical (unpaired) electrons. The minimum absolute atomic E-state index is 0.108. The van der Waals surface area contributed by atoms with Crippen LogP contribution in [0.4, 0.5) is 9.59 Å². The number of carbonyl (C=O) groups excluding carboxylic acids is 3. The number of amides is 4. The zero-order valence-electron chi connectivity index (χ0n) is 30.0. The van der Waals surface area contributed by atoms with Gasteiger partial charge in [0.15, 0.2) is 0 Å². The van der Waals surface area contributed by atoms with Gasteiger partial charge in [0, 0.05) is 43.6 Å². The second-order valence-electron chi connectivity index (χ2n) is 12.6. The highest BCUT2D eigenvalue weighted by molar-refractivity contribution is 5.86. The van der Waals surface area contributed by atoms with Gasteiger partial charge in [-0.05, 0) is 79.4 Å². The van der Waals surface area contributed by atoms with E-state index in [1.165, 1.54) is 0 Å². The van der Waals surface area contributed by atoms with E-state index >= 15 is 0 Å². The maximum Gasteiger partial charge on any atom is 0.410 e. The van der Waals surface area contributed by atoms with Crippen molar-refractivity contribution in [1.82, 2.24) is 20.9 Å². The van der Waals surface area contributed by atoms with E-state index in [0.717, 1.165) is 41.2 Å². The number of benzene rings is 3. The summed E-state index contributed by atoms with van der Waals surface area (Å²) in [6.07, 6.45) is 1.26. The van der Waals surface area contributed by atoms with Gasteiger partial charge in [-0.15, -0.1) is 0 Å². The number of fused-ring (bicyclic) bond motifs is 1. The van der Waals surface area contributed by atoms with Crippen LogP contribution >= 0.6 is 0 Å². The number of nitrogens with one attached hydrogen (secondary N) is 3. The summed E-state index contributed by atoms with van der Waals surface area (Å²) in [4.78, 5) is 54.6. The number of hydrogen-bond donors (Lipinski definition) is 4. The van der Waals surface area contributed by atoms with Crippen molar-refractivity contribution in [2.24, 2.45) is 5.11 Å². The van der Waals surface area contributed by atoms with Crippen LogP contribution in [0.15, 0.2) is 77.9 Å². The number of carboxylic acid groups (broad SMARTS) is 1. The standard InChI is InChI=1S/C38H51N7O7/c1-28(42-37(48)49)21-25-45(38(50)51-27-30-14-6-5-7-15-30)24-13-12-22-40-35(47)36(43-34(46)18-8-3-4-11-23-41-44-39)52-29(2)32-20-19-31-16-9-10-17-33(31)26-32/h5-7,9-10,14-17,19-20,26,28-29,36,42H,3-4,8,11-13,18,21-25,27H2,1-2H3,(H,40,47)(H,43,46)(H,48,49)/t28?,29-,36-/m0/s1. The fraction of sp³-hybridized carbons (Fsp3) is 0.474. The molecule has 4 N–H and O–H groups in total. The number of hydrogen-bond acceptors (Lipinski definition) is 7. The summed E-state index contributed by atoms with van der Waals surface area (Å²) in [6, 6.07) is 22.8. The highest BCUT2D eigenvalue weighted by atomic mass is 16.6. The molecule has 3 aromatic carbocycles. The highest BCUT2D eigenvalue weighted by Gasteiger charge is 2.25. The second-order valence-corrected chi connectivity index (χ2v) is 12.6. The predicted octanol–water partition coefficient (Wildman–Crippen LogP) is 7.20. The smallest absolute Gasteiger partial charge is 0.410 e. The molecule has 3 aromatic rings. The van der Waals surface area contributed by atoms with E-state index in [4.69, 9.17) is 20.1 Å². The molecule has 0 fully saturated rings. The van der Waals surface area contributed by atoms with Crippen LogP contribution in [0.3, 0.4) is 0 Å². The monoisotopic (exact) mass is 717 g/mol. The first-order valence-corrected chi connectivity index (χ1v) is 17.8. The second kappa shape index (κ2) is 23.2. The molecular formula is C38H51N7O7. The van der Waals surface area contributed by atoms with E-state index in [1.54, 1.807) is 11.8 Å². The molecule has 0 aliphatic rings. The van der Waals surface area contributed by atoms with Gasteiger partial charge in [-0.3, -0.25) is 9.59 Å². The number of azide groups is 1. The topological polar surface area (TPSA) is 195 Å². The Morgan fingerprint density at radius 3 is 2.35 bits per heavy atom. The predicted molar refractivity (Wildman–Crippen MR) is 198 cm³/mol. The molecular weight excluding hydrogens is 666 g/mol. The van der Waals surface area contributed by atoms with Gasteiger partial charge in [0.2, 0.25) is 12.1 Å². The average Bonchev–Trinajstić information content (AvgIpc) is 3.14. The van der Waals surface area contributed by atoms with E-state index < -0.39 is 30.4 Å². The molecule has 14 heteroatoms. The van der Waals surface area contributed by atoms with Crippen molar-refractivity contribution >= 4 is 34.8 Å². The summed E-state index contributed by atoms with van der Waals surface area (Å²) >= 11 is 0. The van der Waals surface area contributed by atoms with E-state index in [0.29, 0.717) is 38.8 Å². The maximum atomic E-state index is 13.4. The fourth-order valence-corrected chi connectivity index (χ4v) is 5.46. The summed E-state index contributed by atoms with van der Waals surface area (Å²) in [5, 5.41) is 22.7. The number of nitrogens with zero attached hydrogens (tertiary/aromatic N) is 4. The van der Waals surface area contributed by atoms with Gasteiger partial charge in [0.05, 0.1) is 6.10 Å². The van der Waals surface area contributed by atoms with Crippen molar-refractivity contribution in [2.45, 2.75) is 90.2 Å². The molecule has 3 atom stereocenters. The zero-order chi connectivity index (χ0) is 37.6. The number of unbranched alkanes of at least 4 members (excludes halogenated alkanes) is 4. The molecule has 0 bridgehead atoms. The number of ether oxygens (including phenoxy) is 2. The summed E-state index contributed by atoms with van der Waals surface area (Å²) in [7, 11) is 0. The molecule has 0 saturated carbocycles. The summed E-state index contributed by atoms with van der Waals surface area (Å²) in [5.74, 6) is -0.791. The van der Waals surface area contributed by atoms with Gasteiger partial charge >= 0.3 is 12.2 Å². The van der Waals surface area contributed by atoms with Crippen molar-refractivity contribution in [3.63, 3.8) is 0 Å². The Bertz CT molecular complexity index is 1620. The molecule has 0 aliphatic carbocycles. The molecule has 0 aromatic heterocycles. The van der Waals surface area contributed by atoms with Gasteiger partial charge in [-0.25, -0.2) is 9.59 Å². The van der Waals surface area contributed by atoms with E-state index in [2.05, 4.69) is 26.0 Å². The lowest BCUT2D eigenvalue weighted by atomic mass is 10.0. The largest absolute Gasteiger partial charge is 0.465 e. The van der Waals surface area contributed by atoms with Gasteiger partial charge in [0.1, 0.15) is 6.61 Å². The lowest BCUT2D eigenvalue weighted by molar-refractivity contribution is -0.145. The van der Waals surface area contributed by atoms with Crippen LogP contribution in [-0.2, 0) is 25.7 Å². The van der Waals surface area contributed by atoms with Crippen LogP contribution in [0, 0.1) is 0 Å². The van der Waals surface area contributed by atoms with Crippen molar-refractivity contribution in [3.8, 4) is 0 Å². The normalized spacial score (nSPS) is 12.5. The Kier molecular flexibility index (Phi) is 18.3. The maximum absolute atomic E-state index is 13.4. The van der Waals surface area contributed by atoms with Crippen LogP contribution in [0.2, 0.25) is 0 Å². The van der Waals surface area contributed by atoms with Crippen molar-refractivity contribution in [3.05, 3.63) is 94.4 Å². The number of rotatable bonds is 23. The molecule has 0 spiro atoms. The quantitative estimate of drug-likeness (QED) is 0.0262. The van der Waals surface area contributed by atoms with Gasteiger partial charge in [0.25, 0.3) is 5.91 Å². The molecule has 1 unspecified atom stereocenters. The zero-order valence-corrected chi connectivity index (χ0v) is 30.0. The molecule has 280 valence electrons. The van der Waals surface area contributed by atoms with Gasteiger partial charge in [-0.2, -0.15) is 0 Å². The molecule has 0 aliphatic heterocycles. The van der Waals surface area contributed by atoms with Crippen molar-refractivity contribution in [1.29, 1.82) is 0 Å². The van der Waals surface area contributed by atoms with Crippen LogP contribution in [0.25, 0.3) is 21.2 Å². The molecule has 4 amide bonds. The molecule has 0 saturated heterocycles. The summed E-state index contributed by atoms with van der Waals surface area (Å²) < 4.78 is 11.7. The third-order valence-electron chi connectivity index (χ3n) is 8.41. The van der Waals surface area contributed by atoms with Crippen LogP contribution in [-0.4, -0.2) is 72.5 Å². The SMILES string of the molecule is CC(CCN(CCCCNC(=O)[C@@H](NC(=O)CCCCCCN=[N+]=[N-])O[C@@H](C)c1ccc2ccccc2c1)C(=O)OCc1ccccc1)NC(=O)O. The summed E-state index contributed by atoms with van der Waals surface area (Å²) in [6.45, 7) is 4.98. The highest BCUT2D eigenvalue weighted by Crippen LogP contribution is 2.23. The minimum Gasteiger partial charge on any atom is -0.465 e. The molecule has 52 heavy (non-hydrogen) atoms. The Labute approximate surface area is 304 Å². The first-order chi connectivity index (χ1) is 25.2. The van der Waals surface area contributed by atoms with Gasteiger partial charge in [-0.1, -0.05) is 84.7 Å². The van der Waals surface area contributed by atoms with Crippen molar-refractivity contribution in [2.75, 3.05) is 26.2 Å². The molecule has 3 rings (SSSR count). The Hall–Kier alpha value is -5.33. The number of carbonyl (C=O) groups is 4.